The summed E-state index contributed by atoms with van der Waals surface area (Å²) in [5, 5.41) is 5.02. The van der Waals surface area contributed by atoms with Crippen molar-refractivity contribution in [2.24, 2.45) is 7.05 Å². The van der Waals surface area contributed by atoms with E-state index in [1.807, 2.05) is 0 Å². The molecule has 1 fully saturated rings. The number of nitrogens with one attached hydrogen (secondary N) is 1. The Kier molecular flexibility index (Phi) is 2.48. The molecular weight excluding hydrogens is 208 g/mol. The van der Waals surface area contributed by atoms with E-state index in [0.717, 1.165) is 12.6 Å². The molecule has 17 heavy (non-hydrogen) atoms. The summed E-state index contributed by atoms with van der Waals surface area (Å²) in [7, 11) is 2.14. The molecule has 0 aliphatic heterocycles. The predicted molar refractivity (Wildman–Crippen MR) is 72.3 cm³/mol. The highest BCUT2D eigenvalue weighted by atomic mass is 15.0. The number of fused-ring (bicyclic) bond motifs is 1. The molecule has 1 N–H and O–H groups in total. The molecule has 0 unspecified atom stereocenters. The maximum absolute atomic E-state index is 3.60. The summed E-state index contributed by atoms with van der Waals surface area (Å²) >= 11 is 0. The highest BCUT2D eigenvalue weighted by Gasteiger charge is 2.20. The van der Waals surface area contributed by atoms with Crippen LogP contribution in [-0.2, 0) is 13.6 Å². The third-order valence-electron chi connectivity index (χ3n) is 3.65. The molecule has 0 atom stereocenters. The molecule has 1 heterocycles. The van der Waals surface area contributed by atoms with E-state index in [9.17, 15) is 0 Å². The van der Waals surface area contributed by atoms with E-state index >= 15 is 0 Å². The van der Waals surface area contributed by atoms with Gasteiger partial charge in [0, 0.05) is 31.2 Å². The van der Waals surface area contributed by atoms with Gasteiger partial charge >= 0.3 is 0 Å². The fourth-order valence-electron chi connectivity index (χ4n) is 2.72. The summed E-state index contributed by atoms with van der Waals surface area (Å²) in [5.74, 6) is 0. The Morgan fingerprint density at radius 2 is 2.06 bits per heavy atom. The number of benzene rings is 1. The summed E-state index contributed by atoms with van der Waals surface area (Å²) in [6.45, 7) is 5.38. The van der Waals surface area contributed by atoms with E-state index in [0.29, 0.717) is 0 Å². The van der Waals surface area contributed by atoms with Crippen molar-refractivity contribution in [1.29, 1.82) is 0 Å². The molecule has 90 valence electrons. The van der Waals surface area contributed by atoms with Crippen LogP contribution in [0.1, 0.15) is 29.5 Å². The minimum atomic E-state index is 0.774. The molecule has 3 rings (SSSR count). The zero-order valence-electron chi connectivity index (χ0n) is 10.9. The molecule has 1 aromatic carbocycles. The minimum absolute atomic E-state index is 0.774. The Bertz CT molecular complexity index is 562. The topological polar surface area (TPSA) is 17.0 Å². The highest BCUT2D eigenvalue weighted by molar-refractivity contribution is 5.87. The molecule has 2 aromatic rings. The first-order chi connectivity index (χ1) is 8.15. The second-order valence-corrected chi connectivity index (χ2v) is 5.40. The van der Waals surface area contributed by atoms with E-state index in [2.05, 4.69) is 49.1 Å². The SMILES string of the molecule is Cc1cc(C)c2c(c1)c(CNC1CC1)cn2C. The van der Waals surface area contributed by atoms with E-state index < -0.39 is 0 Å². The van der Waals surface area contributed by atoms with Gasteiger partial charge in [0.05, 0.1) is 5.52 Å². The largest absolute Gasteiger partial charge is 0.350 e. The van der Waals surface area contributed by atoms with Crippen LogP contribution in [0.25, 0.3) is 10.9 Å². The van der Waals surface area contributed by atoms with Crippen LogP contribution in [0.2, 0.25) is 0 Å². The van der Waals surface area contributed by atoms with Crippen LogP contribution in [0.4, 0.5) is 0 Å². The summed E-state index contributed by atoms with van der Waals surface area (Å²) in [5.41, 5.74) is 5.54. The van der Waals surface area contributed by atoms with Crippen molar-refractivity contribution >= 4 is 10.9 Å². The average molecular weight is 228 g/mol. The van der Waals surface area contributed by atoms with Crippen molar-refractivity contribution in [1.82, 2.24) is 9.88 Å². The Hall–Kier alpha value is -1.28. The summed E-state index contributed by atoms with van der Waals surface area (Å²) in [6.07, 6.45) is 4.97. The fourth-order valence-corrected chi connectivity index (χ4v) is 2.72. The standard InChI is InChI=1S/C15H20N2/c1-10-6-11(2)15-14(7-10)12(9-17(15)3)8-16-13-4-5-13/h6-7,9,13,16H,4-5,8H2,1-3H3. The number of hydrogen-bond acceptors (Lipinski definition) is 1. The molecule has 0 amide bonds. The predicted octanol–water partition coefficient (Wildman–Crippen LogP) is 3.05. The van der Waals surface area contributed by atoms with Crippen molar-refractivity contribution in [2.75, 3.05) is 0 Å². The van der Waals surface area contributed by atoms with Crippen LogP contribution >= 0.6 is 0 Å². The van der Waals surface area contributed by atoms with Gasteiger partial charge in [0.25, 0.3) is 0 Å². The highest BCUT2D eigenvalue weighted by Crippen LogP contribution is 2.26. The lowest BCUT2D eigenvalue weighted by Crippen LogP contribution is -2.14. The third kappa shape index (κ3) is 1.98. The second-order valence-electron chi connectivity index (χ2n) is 5.40. The van der Waals surface area contributed by atoms with E-state index in [1.54, 1.807) is 0 Å². The Morgan fingerprint density at radius 3 is 2.76 bits per heavy atom. The van der Waals surface area contributed by atoms with Gasteiger partial charge in [0.2, 0.25) is 0 Å². The van der Waals surface area contributed by atoms with Crippen molar-refractivity contribution in [3.05, 3.63) is 35.0 Å². The normalized spacial score (nSPS) is 15.7. The van der Waals surface area contributed by atoms with Crippen LogP contribution < -0.4 is 5.32 Å². The Labute approximate surface area is 103 Å². The number of rotatable bonds is 3. The molecule has 0 spiro atoms. The van der Waals surface area contributed by atoms with E-state index in [1.165, 1.54) is 40.4 Å². The lowest BCUT2D eigenvalue weighted by molar-refractivity contribution is 0.689. The van der Waals surface area contributed by atoms with Gasteiger partial charge in [-0.25, -0.2) is 0 Å². The summed E-state index contributed by atoms with van der Waals surface area (Å²) in [4.78, 5) is 0. The number of aryl methyl sites for hydroxylation is 3. The van der Waals surface area contributed by atoms with Gasteiger partial charge in [0.15, 0.2) is 0 Å². The van der Waals surface area contributed by atoms with Gasteiger partial charge in [-0.2, -0.15) is 0 Å². The molecule has 1 saturated carbocycles. The molecule has 2 nitrogen and oxygen atoms in total. The van der Waals surface area contributed by atoms with Crippen molar-refractivity contribution in [2.45, 2.75) is 39.3 Å². The van der Waals surface area contributed by atoms with Crippen LogP contribution in [0, 0.1) is 13.8 Å². The first kappa shape index (κ1) is 10.8. The van der Waals surface area contributed by atoms with Crippen LogP contribution in [0.3, 0.4) is 0 Å². The maximum Gasteiger partial charge on any atom is 0.0510 e. The Balaban J connectivity index is 2.04. The average Bonchev–Trinajstić information content (AvgIpc) is 3.01. The molecule has 0 saturated heterocycles. The van der Waals surface area contributed by atoms with Crippen molar-refractivity contribution in [3.63, 3.8) is 0 Å². The molecule has 1 aliphatic rings. The molecule has 1 aromatic heterocycles. The molecule has 0 bridgehead atoms. The first-order valence-electron chi connectivity index (χ1n) is 6.43. The van der Waals surface area contributed by atoms with Gasteiger partial charge in [0.1, 0.15) is 0 Å². The number of aromatic nitrogens is 1. The first-order valence-corrected chi connectivity index (χ1v) is 6.43. The molecule has 0 radical (unpaired) electrons. The Morgan fingerprint density at radius 1 is 1.29 bits per heavy atom. The van der Waals surface area contributed by atoms with Gasteiger partial charge in [-0.3, -0.25) is 0 Å². The maximum atomic E-state index is 3.60. The van der Waals surface area contributed by atoms with Crippen LogP contribution in [-0.4, -0.2) is 10.6 Å². The molecule has 2 heteroatoms. The summed E-state index contributed by atoms with van der Waals surface area (Å²) in [6, 6.07) is 5.35. The van der Waals surface area contributed by atoms with E-state index in [-0.39, 0.29) is 0 Å². The summed E-state index contributed by atoms with van der Waals surface area (Å²) < 4.78 is 2.26. The van der Waals surface area contributed by atoms with Crippen molar-refractivity contribution < 1.29 is 0 Å². The zero-order valence-corrected chi connectivity index (χ0v) is 10.9. The second kappa shape index (κ2) is 3.88. The number of hydrogen-bond donors (Lipinski definition) is 1. The quantitative estimate of drug-likeness (QED) is 0.854. The lowest BCUT2D eigenvalue weighted by atomic mass is 10.1. The zero-order chi connectivity index (χ0) is 12.0. The van der Waals surface area contributed by atoms with Gasteiger partial charge in [-0.05, 0) is 43.9 Å². The number of nitrogens with zero attached hydrogens (tertiary/aromatic N) is 1. The van der Waals surface area contributed by atoms with Crippen LogP contribution in [0.5, 0.6) is 0 Å². The van der Waals surface area contributed by atoms with Crippen molar-refractivity contribution in [3.8, 4) is 0 Å². The molecular formula is C15H20N2. The monoisotopic (exact) mass is 228 g/mol. The smallest absolute Gasteiger partial charge is 0.0510 e. The van der Waals surface area contributed by atoms with Crippen LogP contribution in [0.15, 0.2) is 18.3 Å². The van der Waals surface area contributed by atoms with Gasteiger partial charge in [-0.15, -0.1) is 0 Å². The minimum Gasteiger partial charge on any atom is -0.350 e. The van der Waals surface area contributed by atoms with E-state index in [4.69, 9.17) is 0 Å². The van der Waals surface area contributed by atoms with Gasteiger partial charge < -0.3 is 9.88 Å². The molecule has 1 aliphatic carbocycles. The lowest BCUT2D eigenvalue weighted by Gasteiger charge is -2.04. The van der Waals surface area contributed by atoms with Gasteiger partial charge in [-0.1, -0.05) is 11.6 Å². The fraction of sp³-hybridized carbons (Fsp3) is 0.467. The third-order valence-corrected chi connectivity index (χ3v) is 3.65.